The number of rotatable bonds is 7. The molecule has 1 amide bonds. The Kier molecular flexibility index (Phi) is 5.96. The minimum Gasteiger partial charge on any atom is -0.465 e. The molecule has 22 heavy (non-hydrogen) atoms. The lowest BCUT2D eigenvalue weighted by molar-refractivity contribution is -0.139. The maximum atomic E-state index is 11.8. The molecule has 0 fully saturated rings. The highest BCUT2D eigenvalue weighted by molar-refractivity contribution is 7.99. The van der Waals surface area contributed by atoms with Crippen molar-refractivity contribution >= 4 is 23.6 Å². The Morgan fingerprint density at radius 2 is 2.05 bits per heavy atom. The Balaban J connectivity index is 1.80. The Hall–Kier alpha value is -2.35. The second-order valence-corrected chi connectivity index (χ2v) is 5.03. The quantitative estimate of drug-likeness (QED) is 0.612. The molecular weight excluding hydrogens is 306 g/mol. The number of aromatic nitrogens is 2. The maximum Gasteiger partial charge on any atom is 0.316 e. The Bertz CT molecular complexity index is 630. The van der Waals surface area contributed by atoms with Gasteiger partial charge in [0.1, 0.15) is 5.75 Å². The normalized spacial score (nSPS) is 10.2. The van der Waals surface area contributed by atoms with E-state index in [9.17, 15) is 9.59 Å². The molecule has 1 aromatic carbocycles. The van der Waals surface area contributed by atoms with E-state index in [-0.39, 0.29) is 35.3 Å². The standard InChI is InChI=1S/C14H15N3O4S/c1-2-20-12(18)9-22-14-17-16-11(21-14)8-15-13(19)10-6-4-3-5-7-10/h3-7H,2,8-9H2,1H3,(H,15,19). The number of ether oxygens (including phenoxy) is 1. The summed E-state index contributed by atoms with van der Waals surface area (Å²) in [5.41, 5.74) is 0.555. The fraction of sp³-hybridized carbons (Fsp3) is 0.286. The van der Waals surface area contributed by atoms with Crippen molar-refractivity contribution in [1.29, 1.82) is 0 Å². The van der Waals surface area contributed by atoms with E-state index < -0.39 is 0 Å². The molecule has 0 unspecified atom stereocenters. The summed E-state index contributed by atoms with van der Waals surface area (Å²) in [4.78, 5) is 23.0. The zero-order chi connectivity index (χ0) is 15.8. The minimum absolute atomic E-state index is 0.103. The van der Waals surface area contributed by atoms with Crippen LogP contribution in [0, 0.1) is 0 Å². The van der Waals surface area contributed by atoms with Crippen LogP contribution in [-0.2, 0) is 16.1 Å². The highest BCUT2D eigenvalue weighted by Crippen LogP contribution is 2.16. The molecule has 7 nitrogen and oxygen atoms in total. The second-order valence-electron chi connectivity index (χ2n) is 4.10. The highest BCUT2D eigenvalue weighted by Gasteiger charge is 2.11. The fourth-order valence-corrected chi connectivity index (χ4v) is 2.12. The molecule has 2 rings (SSSR count). The summed E-state index contributed by atoms with van der Waals surface area (Å²) in [6.07, 6.45) is 0. The van der Waals surface area contributed by atoms with Gasteiger partial charge >= 0.3 is 5.97 Å². The summed E-state index contributed by atoms with van der Waals surface area (Å²) < 4.78 is 10.1. The van der Waals surface area contributed by atoms with E-state index in [4.69, 9.17) is 9.15 Å². The molecule has 116 valence electrons. The molecule has 0 spiro atoms. The number of carbonyl (C=O) groups excluding carboxylic acids is 2. The van der Waals surface area contributed by atoms with Gasteiger partial charge in [0.25, 0.3) is 11.1 Å². The SMILES string of the molecule is CCOC(=O)CSc1nnc(CNC(=O)c2ccccc2)o1. The first-order chi connectivity index (χ1) is 10.7. The van der Waals surface area contributed by atoms with Crippen LogP contribution in [0.1, 0.15) is 23.2 Å². The van der Waals surface area contributed by atoms with Crippen molar-refractivity contribution < 1.29 is 18.7 Å². The molecule has 2 aromatic rings. The number of esters is 1. The van der Waals surface area contributed by atoms with Crippen molar-refractivity contribution in [3.8, 4) is 0 Å². The van der Waals surface area contributed by atoms with Crippen LogP contribution in [0.3, 0.4) is 0 Å². The number of amides is 1. The van der Waals surface area contributed by atoms with E-state index in [2.05, 4.69) is 15.5 Å². The van der Waals surface area contributed by atoms with Crippen LogP contribution in [0.4, 0.5) is 0 Å². The third-order valence-electron chi connectivity index (χ3n) is 2.50. The second kappa shape index (κ2) is 8.18. The van der Waals surface area contributed by atoms with Gasteiger partial charge in [0.2, 0.25) is 5.89 Å². The summed E-state index contributed by atoms with van der Waals surface area (Å²) in [5, 5.41) is 10.5. The number of hydrogen-bond acceptors (Lipinski definition) is 7. The maximum absolute atomic E-state index is 11.8. The molecule has 0 aliphatic rings. The highest BCUT2D eigenvalue weighted by atomic mass is 32.2. The molecule has 1 N–H and O–H groups in total. The van der Waals surface area contributed by atoms with Crippen molar-refractivity contribution in [2.45, 2.75) is 18.7 Å². The van der Waals surface area contributed by atoms with Crippen LogP contribution in [-0.4, -0.2) is 34.4 Å². The monoisotopic (exact) mass is 321 g/mol. The Morgan fingerprint density at radius 3 is 2.77 bits per heavy atom. The van der Waals surface area contributed by atoms with Gasteiger partial charge in [-0.3, -0.25) is 9.59 Å². The lowest BCUT2D eigenvalue weighted by Gasteiger charge is -2.01. The molecule has 0 aliphatic carbocycles. The number of hydrogen-bond donors (Lipinski definition) is 1. The molecule has 0 saturated carbocycles. The van der Waals surface area contributed by atoms with Crippen molar-refractivity contribution in [3.63, 3.8) is 0 Å². The van der Waals surface area contributed by atoms with E-state index in [0.29, 0.717) is 12.2 Å². The van der Waals surface area contributed by atoms with Gasteiger partial charge in [-0.15, -0.1) is 10.2 Å². The van der Waals surface area contributed by atoms with E-state index in [1.54, 1.807) is 31.2 Å². The topological polar surface area (TPSA) is 94.3 Å². The molecular formula is C14H15N3O4S. The van der Waals surface area contributed by atoms with Crippen molar-refractivity contribution in [3.05, 3.63) is 41.8 Å². The van der Waals surface area contributed by atoms with Gasteiger partial charge in [0, 0.05) is 5.56 Å². The zero-order valence-electron chi connectivity index (χ0n) is 11.9. The number of carbonyl (C=O) groups is 2. The summed E-state index contributed by atoms with van der Waals surface area (Å²) in [6, 6.07) is 8.83. The molecule has 0 atom stereocenters. The van der Waals surface area contributed by atoms with Crippen molar-refractivity contribution in [1.82, 2.24) is 15.5 Å². The Labute approximate surface area is 131 Å². The van der Waals surface area contributed by atoms with Crippen molar-refractivity contribution in [2.75, 3.05) is 12.4 Å². The lowest BCUT2D eigenvalue weighted by atomic mass is 10.2. The van der Waals surface area contributed by atoms with Crippen LogP contribution in [0.5, 0.6) is 0 Å². The fourth-order valence-electron chi connectivity index (χ4n) is 1.54. The van der Waals surface area contributed by atoms with Gasteiger partial charge < -0.3 is 14.5 Å². The van der Waals surface area contributed by atoms with Crippen LogP contribution in [0.2, 0.25) is 0 Å². The van der Waals surface area contributed by atoms with E-state index in [0.717, 1.165) is 11.8 Å². The number of thioether (sulfide) groups is 1. The lowest BCUT2D eigenvalue weighted by Crippen LogP contribution is -2.22. The third-order valence-corrected chi connectivity index (χ3v) is 3.30. The molecule has 0 bridgehead atoms. The minimum atomic E-state index is -0.343. The summed E-state index contributed by atoms with van der Waals surface area (Å²) in [7, 11) is 0. The molecule has 8 heteroatoms. The predicted molar refractivity (Wildman–Crippen MR) is 79.3 cm³/mol. The first-order valence-electron chi connectivity index (χ1n) is 6.63. The van der Waals surface area contributed by atoms with Crippen molar-refractivity contribution in [2.24, 2.45) is 0 Å². The van der Waals surface area contributed by atoms with E-state index >= 15 is 0 Å². The van der Waals surface area contributed by atoms with Crippen LogP contribution in [0.25, 0.3) is 0 Å². The molecule has 0 saturated heterocycles. The van der Waals surface area contributed by atoms with Gasteiger partial charge in [-0.05, 0) is 19.1 Å². The van der Waals surface area contributed by atoms with Crippen LogP contribution in [0.15, 0.2) is 40.0 Å². The average molecular weight is 321 g/mol. The number of nitrogens with zero attached hydrogens (tertiary/aromatic N) is 2. The predicted octanol–water partition coefficient (Wildman–Crippen LogP) is 1.65. The zero-order valence-corrected chi connectivity index (χ0v) is 12.8. The first kappa shape index (κ1) is 16.0. The third kappa shape index (κ3) is 4.88. The Morgan fingerprint density at radius 1 is 1.27 bits per heavy atom. The smallest absolute Gasteiger partial charge is 0.316 e. The van der Waals surface area contributed by atoms with Crippen LogP contribution < -0.4 is 5.32 Å². The number of nitrogens with one attached hydrogen (secondary N) is 1. The van der Waals surface area contributed by atoms with Gasteiger partial charge in [-0.1, -0.05) is 30.0 Å². The van der Waals surface area contributed by atoms with Gasteiger partial charge in [-0.25, -0.2) is 0 Å². The van der Waals surface area contributed by atoms with Gasteiger partial charge in [0.15, 0.2) is 0 Å². The average Bonchev–Trinajstić information content (AvgIpc) is 3.00. The summed E-state index contributed by atoms with van der Waals surface area (Å²) >= 11 is 1.09. The van der Waals surface area contributed by atoms with Crippen LogP contribution >= 0.6 is 11.8 Å². The summed E-state index contributed by atoms with van der Waals surface area (Å²) in [5.74, 6) is -0.189. The molecule has 0 aliphatic heterocycles. The van der Waals surface area contributed by atoms with E-state index in [1.807, 2.05) is 6.07 Å². The summed E-state index contributed by atoms with van der Waals surface area (Å²) in [6.45, 7) is 2.20. The largest absolute Gasteiger partial charge is 0.465 e. The van der Waals surface area contributed by atoms with E-state index in [1.165, 1.54) is 0 Å². The first-order valence-corrected chi connectivity index (χ1v) is 7.61. The van der Waals surface area contributed by atoms with Gasteiger partial charge in [-0.2, -0.15) is 0 Å². The molecule has 0 radical (unpaired) electrons. The molecule has 1 heterocycles. The van der Waals surface area contributed by atoms with Gasteiger partial charge in [0.05, 0.1) is 13.2 Å². The number of benzene rings is 1. The molecule has 1 aromatic heterocycles.